The second kappa shape index (κ2) is 4.53. The zero-order valence-corrected chi connectivity index (χ0v) is 9.27. The second-order valence-corrected chi connectivity index (χ2v) is 3.87. The molecule has 2 rings (SSSR count). The van der Waals surface area contributed by atoms with Crippen molar-refractivity contribution in [2.75, 3.05) is 25.2 Å². The number of likely N-dealkylation sites (N-methyl/N-ethyl adjacent to an activating group) is 1. The number of fused-ring (bicyclic) bond motifs is 1. The van der Waals surface area contributed by atoms with Crippen molar-refractivity contribution in [3.63, 3.8) is 0 Å². The van der Waals surface area contributed by atoms with Gasteiger partial charge in [-0.15, -0.1) is 0 Å². The Morgan fingerprint density at radius 2 is 2.31 bits per heavy atom. The number of hydrogen-bond donors (Lipinski definition) is 1. The predicted octanol–water partition coefficient (Wildman–Crippen LogP) is 0.967. The predicted molar refractivity (Wildman–Crippen MR) is 60.8 cm³/mol. The van der Waals surface area contributed by atoms with Crippen molar-refractivity contribution in [2.24, 2.45) is 0 Å². The summed E-state index contributed by atoms with van der Waals surface area (Å²) in [7, 11) is 1.75. The van der Waals surface area contributed by atoms with Gasteiger partial charge >= 0.3 is 0 Å². The van der Waals surface area contributed by atoms with Crippen LogP contribution in [0.5, 0.6) is 5.75 Å². The molecular formula is C12H15NO3. The van der Waals surface area contributed by atoms with Crippen molar-refractivity contribution < 1.29 is 14.6 Å². The van der Waals surface area contributed by atoms with E-state index in [0.29, 0.717) is 0 Å². The van der Waals surface area contributed by atoms with E-state index in [-0.39, 0.29) is 19.1 Å². The van der Waals surface area contributed by atoms with Crippen molar-refractivity contribution >= 4 is 11.6 Å². The standard InChI is InChI=1S/C12H15NO3/c1-13-10-7-9(3-2-6-14)4-5-11(10)16-8-12(13)15/h4-5,7,14H,2-3,6,8H2,1H3. The maximum Gasteiger partial charge on any atom is 0.264 e. The molecule has 0 spiro atoms. The topological polar surface area (TPSA) is 49.8 Å². The second-order valence-electron chi connectivity index (χ2n) is 3.87. The molecule has 0 unspecified atom stereocenters. The third-order valence-corrected chi connectivity index (χ3v) is 2.73. The number of anilines is 1. The molecule has 86 valence electrons. The average molecular weight is 221 g/mol. The van der Waals surface area contributed by atoms with E-state index in [1.54, 1.807) is 11.9 Å². The summed E-state index contributed by atoms with van der Waals surface area (Å²) in [4.78, 5) is 13.1. The van der Waals surface area contributed by atoms with Gasteiger partial charge in [-0.1, -0.05) is 6.07 Å². The monoisotopic (exact) mass is 221 g/mol. The minimum Gasteiger partial charge on any atom is -0.482 e. The summed E-state index contributed by atoms with van der Waals surface area (Å²) in [6.07, 6.45) is 1.54. The minimum atomic E-state index is -0.0354. The summed E-state index contributed by atoms with van der Waals surface area (Å²) in [5.74, 6) is 0.710. The van der Waals surface area contributed by atoms with Gasteiger partial charge in [-0.2, -0.15) is 0 Å². The SMILES string of the molecule is CN1C(=O)COc2ccc(CCCO)cc21. The summed E-state index contributed by atoms with van der Waals surface area (Å²) in [5, 5.41) is 8.77. The first kappa shape index (κ1) is 11.0. The quantitative estimate of drug-likeness (QED) is 0.827. The third kappa shape index (κ3) is 2.02. The third-order valence-electron chi connectivity index (χ3n) is 2.73. The lowest BCUT2D eigenvalue weighted by Crippen LogP contribution is -2.35. The summed E-state index contributed by atoms with van der Waals surface area (Å²) in [6, 6.07) is 5.80. The van der Waals surface area contributed by atoms with Crippen LogP contribution in [0.15, 0.2) is 18.2 Å². The van der Waals surface area contributed by atoms with Gasteiger partial charge in [0.05, 0.1) is 5.69 Å². The molecule has 0 fully saturated rings. The molecule has 0 saturated carbocycles. The van der Waals surface area contributed by atoms with Crippen molar-refractivity contribution in [2.45, 2.75) is 12.8 Å². The first-order valence-electron chi connectivity index (χ1n) is 5.35. The molecule has 4 heteroatoms. The first-order chi connectivity index (χ1) is 7.72. The van der Waals surface area contributed by atoms with Crippen LogP contribution in [0, 0.1) is 0 Å². The van der Waals surface area contributed by atoms with Crippen molar-refractivity contribution in [1.29, 1.82) is 0 Å². The Hall–Kier alpha value is -1.55. The Morgan fingerprint density at radius 3 is 3.06 bits per heavy atom. The Labute approximate surface area is 94.4 Å². The van der Waals surface area contributed by atoms with Crippen molar-refractivity contribution in [3.05, 3.63) is 23.8 Å². The highest BCUT2D eigenvalue weighted by atomic mass is 16.5. The largest absolute Gasteiger partial charge is 0.482 e. The fourth-order valence-electron chi connectivity index (χ4n) is 1.76. The Bertz CT molecular complexity index is 403. The van der Waals surface area contributed by atoms with E-state index in [9.17, 15) is 4.79 Å². The highest BCUT2D eigenvalue weighted by Crippen LogP contribution is 2.32. The van der Waals surface area contributed by atoms with Gasteiger partial charge < -0.3 is 14.7 Å². The Morgan fingerprint density at radius 1 is 1.50 bits per heavy atom. The van der Waals surface area contributed by atoms with Crippen LogP contribution >= 0.6 is 0 Å². The Kier molecular flexibility index (Phi) is 3.10. The molecule has 1 N–H and O–H groups in total. The van der Waals surface area contributed by atoms with Gasteiger partial charge in [0, 0.05) is 13.7 Å². The van der Waals surface area contributed by atoms with Gasteiger partial charge in [-0.3, -0.25) is 4.79 Å². The number of carbonyl (C=O) groups is 1. The molecule has 0 aliphatic carbocycles. The van der Waals surface area contributed by atoms with Gasteiger partial charge in [-0.05, 0) is 30.5 Å². The number of nitrogens with zero attached hydrogens (tertiary/aromatic N) is 1. The van der Waals surface area contributed by atoms with E-state index in [0.717, 1.165) is 29.8 Å². The van der Waals surface area contributed by atoms with E-state index in [4.69, 9.17) is 9.84 Å². The molecule has 0 saturated heterocycles. The van der Waals surface area contributed by atoms with Crippen LogP contribution in [0.1, 0.15) is 12.0 Å². The number of carbonyl (C=O) groups excluding carboxylic acids is 1. The summed E-state index contributed by atoms with van der Waals surface area (Å²) in [5.41, 5.74) is 1.92. The van der Waals surface area contributed by atoms with E-state index in [1.165, 1.54) is 0 Å². The number of benzene rings is 1. The first-order valence-corrected chi connectivity index (χ1v) is 5.35. The lowest BCUT2D eigenvalue weighted by Gasteiger charge is -2.26. The van der Waals surface area contributed by atoms with E-state index in [1.807, 2.05) is 18.2 Å². The molecule has 0 radical (unpaired) electrons. The number of aryl methyl sites for hydroxylation is 1. The molecule has 1 aliphatic rings. The Balaban J connectivity index is 2.25. The number of hydrogen-bond acceptors (Lipinski definition) is 3. The van der Waals surface area contributed by atoms with E-state index >= 15 is 0 Å². The van der Waals surface area contributed by atoms with Gasteiger partial charge in [0.15, 0.2) is 6.61 Å². The van der Waals surface area contributed by atoms with Gasteiger partial charge in [0.1, 0.15) is 5.75 Å². The molecule has 16 heavy (non-hydrogen) atoms. The van der Waals surface area contributed by atoms with Crippen LogP contribution in [0.4, 0.5) is 5.69 Å². The van der Waals surface area contributed by atoms with Crippen LogP contribution in [-0.4, -0.2) is 31.3 Å². The number of aliphatic hydroxyl groups excluding tert-OH is 1. The summed E-state index contributed by atoms with van der Waals surface area (Å²) >= 11 is 0. The van der Waals surface area contributed by atoms with Crippen LogP contribution in [0.25, 0.3) is 0 Å². The maximum atomic E-state index is 11.4. The molecule has 1 amide bonds. The molecule has 0 bridgehead atoms. The summed E-state index contributed by atoms with van der Waals surface area (Å²) < 4.78 is 5.32. The van der Waals surface area contributed by atoms with Crippen molar-refractivity contribution in [1.82, 2.24) is 0 Å². The van der Waals surface area contributed by atoms with Crippen LogP contribution in [0.2, 0.25) is 0 Å². The zero-order valence-electron chi connectivity index (χ0n) is 9.27. The highest BCUT2D eigenvalue weighted by molar-refractivity contribution is 5.97. The average Bonchev–Trinajstić information content (AvgIpc) is 2.31. The zero-order chi connectivity index (χ0) is 11.5. The lowest BCUT2D eigenvalue weighted by atomic mass is 10.1. The highest BCUT2D eigenvalue weighted by Gasteiger charge is 2.21. The van der Waals surface area contributed by atoms with Crippen LogP contribution in [0.3, 0.4) is 0 Å². The van der Waals surface area contributed by atoms with Gasteiger partial charge in [-0.25, -0.2) is 0 Å². The lowest BCUT2D eigenvalue weighted by molar-refractivity contribution is -0.120. The van der Waals surface area contributed by atoms with Gasteiger partial charge in [0.25, 0.3) is 5.91 Å². The van der Waals surface area contributed by atoms with Crippen LogP contribution in [-0.2, 0) is 11.2 Å². The molecule has 1 heterocycles. The summed E-state index contributed by atoms with van der Waals surface area (Å²) in [6.45, 7) is 0.293. The van der Waals surface area contributed by atoms with E-state index < -0.39 is 0 Å². The number of aliphatic hydroxyl groups is 1. The van der Waals surface area contributed by atoms with Gasteiger partial charge in [0.2, 0.25) is 0 Å². The molecule has 1 aliphatic heterocycles. The molecule has 0 atom stereocenters. The minimum absolute atomic E-state index is 0.0354. The number of amides is 1. The maximum absolute atomic E-state index is 11.4. The molecular weight excluding hydrogens is 206 g/mol. The normalized spacial score (nSPS) is 14.6. The number of rotatable bonds is 3. The smallest absolute Gasteiger partial charge is 0.264 e. The molecule has 4 nitrogen and oxygen atoms in total. The number of ether oxygens (including phenoxy) is 1. The van der Waals surface area contributed by atoms with E-state index in [2.05, 4.69) is 0 Å². The molecule has 0 aromatic heterocycles. The molecule has 1 aromatic carbocycles. The fourth-order valence-corrected chi connectivity index (χ4v) is 1.76. The fraction of sp³-hybridized carbons (Fsp3) is 0.417. The van der Waals surface area contributed by atoms with Crippen LogP contribution < -0.4 is 9.64 Å². The van der Waals surface area contributed by atoms with Crippen molar-refractivity contribution in [3.8, 4) is 5.75 Å². The molecule has 1 aromatic rings.